The number of aliphatic hydroxyl groups is 1. The molecule has 1 N–H and O–H groups in total. The zero-order valence-corrected chi connectivity index (χ0v) is 20.9. The van der Waals surface area contributed by atoms with Gasteiger partial charge in [0.15, 0.2) is 0 Å². The fraction of sp³-hybridized carbons (Fsp3) is 0.444. The van der Waals surface area contributed by atoms with Gasteiger partial charge in [-0.25, -0.2) is 13.5 Å². The Balaban J connectivity index is 1.90. The van der Waals surface area contributed by atoms with E-state index in [0.717, 1.165) is 24.2 Å². The van der Waals surface area contributed by atoms with Crippen LogP contribution in [-0.4, -0.2) is 52.2 Å². The van der Waals surface area contributed by atoms with Gasteiger partial charge < -0.3 is 14.6 Å². The third-order valence-corrected chi connectivity index (χ3v) is 5.37. The first-order valence-corrected chi connectivity index (χ1v) is 12.0. The summed E-state index contributed by atoms with van der Waals surface area (Å²) in [7, 11) is 0. The lowest BCUT2D eigenvalue weighted by molar-refractivity contribution is 0.00681. The van der Waals surface area contributed by atoms with Crippen LogP contribution in [0.15, 0.2) is 48.5 Å². The second kappa shape index (κ2) is 12.8. The summed E-state index contributed by atoms with van der Waals surface area (Å²) in [5, 5.41) is 15.2. The van der Waals surface area contributed by atoms with Gasteiger partial charge in [0.05, 0.1) is 29.7 Å². The molecule has 0 spiro atoms. The summed E-state index contributed by atoms with van der Waals surface area (Å²) in [5.74, 6) is 0.389. The maximum Gasteiger partial charge on any atom is 0.227 e. The van der Waals surface area contributed by atoms with Crippen LogP contribution in [0.2, 0.25) is 0 Å². The highest BCUT2D eigenvalue weighted by atomic mass is 19.1. The average molecular weight is 488 g/mol. The van der Waals surface area contributed by atoms with Crippen LogP contribution < -0.4 is 4.74 Å². The Labute approximate surface area is 206 Å². The Hall–Kier alpha value is -2.81. The minimum Gasteiger partial charge on any atom is -0.438 e. The van der Waals surface area contributed by atoms with Gasteiger partial charge in [0.2, 0.25) is 5.88 Å². The molecule has 1 atom stereocenters. The van der Waals surface area contributed by atoms with E-state index in [1.807, 2.05) is 6.92 Å². The second-order valence-corrected chi connectivity index (χ2v) is 9.14. The van der Waals surface area contributed by atoms with Crippen molar-refractivity contribution < 1.29 is 23.4 Å². The topological polar surface area (TPSA) is 59.8 Å². The highest BCUT2D eigenvalue weighted by molar-refractivity contribution is 5.43. The Morgan fingerprint density at radius 2 is 1.80 bits per heavy atom. The predicted octanol–water partition coefficient (Wildman–Crippen LogP) is 5.50. The number of benzene rings is 2. The molecule has 8 heteroatoms. The van der Waals surface area contributed by atoms with E-state index in [2.05, 4.69) is 30.8 Å². The Morgan fingerprint density at radius 1 is 1.06 bits per heavy atom. The minimum atomic E-state index is -0.639. The molecular weight excluding hydrogens is 452 g/mol. The molecule has 35 heavy (non-hydrogen) atoms. The first-order valence-electron chi connectivity index (χ1n) is 12.0. The summed E-state index contributed by atoms with van der Waals surface area (Å²) in [6.07, 6.45) is 0.255. The SMILES string of the molecule is CCCN(Cc1c(C)nn(-c2ccc(F)cc2)c1Oc1cccc(F)c1)CC(O)COCC(C)C. The molecule has 1 aromatic heterocycles. The summed E-state index contributed by atoms with van der Waals surface area (Å²) >= 11 is 0. The van der Waals surface area contributed by atoms with Gasteiger partial charge in [-0.1, -0.05) is 26.8 Å². The number of hydrogen-bond acceptors (Lipinski definition) is 5. The molecule has 0 fully saturated rings. The third-order valence-electron chi connectivity index (χ3n) is 5.37. The van der Waals surface area contributed by atoms with Crippen molar-refractivity contribution in [1.29, 1.82) is 0 Å². The van der Waals surface area contributed by atoms with Gasteiger partial charge in [0.1, 0.15) is 17.4 Å². The molecule has 0 saturated heterocycles. The monoisotopic (exact) mass is 487 g/mol. The molecule has 190 valence electrons. The molecule has 0 amide bonds. The number of aliphatic hydroxyl groups excluding tert-OH is 1. The van der Waals surface area contributed by atoms with E-state index in [-0.39, 0.29) is 12.4 Å². The van der Waals surface area contributed by atoms with Crippen molar-refractivity contribution in [3.8, 4) is 17.3 Å². The number of rotatable bonds is 13. The van der Waals surface area contributed by atoms with Crippen molar-refractivity contribution in [2.24, 2.45) is 5.92 Å². The zero-order chi connectivity index (χ0) is 25.4. The van der Waals surface area contributed by atoms with E-state index in [1.54, 1.807) is 28.9 Å². The van der Waals surface area contributed by atoms with E-state index in [1.165, 1.54) is 24.3 Å². The van der Waals surface area contributed by atoms with Crippen LogP contribution in [0, 0.1) is 24.5 Å². The van der Waals surface area contributed by atoms with Crippen LogP contribution in [0.1, 0.15) is 38.4 Å². The van der Waals surface area contributed by atoms with Crippen LogP contribution in [0.5, 0.6) is 11.6 Å². The Bertz CT molecular complexity index is 1070. The minimum absolute atomic E-state index is 0.263. The second-order valence-electron chi connectivity index (χ2n) is 9.14. The van der Waals surface area contributed by atoms with Gasteiger partial charge in [-0.3, -0.25) is 4.90 Å². The molecule has 1 unspecified atom stereocenters. The first-order chi connectivity index (χ1) is 16.8. The molecule has 0 bridgehead atoms. The number of aromatic nitrogens is 2. The lowest BCUT2D eigenvalue weighted by Crippen LogP contribution is -2.35. The smallest absolute Gasteiger partial charge is 0.227 e. The molecule has 0 aliphatic heterocycles. The Morgan fingerprint density at radius 3 is 2.46 bits per heavy atom. The van der Waals surface area contributed by atoms with Crippen molar-refractivity contribution >= 4 is 0 Å². The molecule has 6 nitrogen and oxygen atoms in total. The normalized spacial score (nSPS) is 12.5. The van der Waals surface area contributed by atoms with E-state index in [0.29, 0.717) is 42.9 Å². The molecule has 2 aromatic carbocycles. The zero-order valence-electron chi connectivity index (χ0n) is 20.9. The van der Waals surface area contributed by atoms with Crippen molar-refractivity contribution in [1.82, 2.24) is 14.7 Å². The first kappa shape index (κ1) is 26.8. The molecule has 1 heterocycles. The van der Waals surface area contributed by atoms with E-state index in [4.69, 9.17) is 9.47 Å². The standard InChI is InChI=1S/C27H35F2N3O3/c1-5-13-31(15-24(33)18-34-17-19(2)3)16-26-20(4)30-32(23-11-9-21(28)10-12-23)27(26)35-25-8-6-7-22(29)14-25/h6-12,14,19,24,33H,5,13,15-18H2,1-4H3. The van der Waals surface area contributed by atoms with E-state index < -0.39 is 11.9 Å². The summed E-state index contributed by atoms with van der Waals surface area (Å²) in [6.45, 7) is 10.6. The number of nitrogens with zero attached hydrogens (tertiary/aromatic N) is 3. The molecule has 3 rings (SSSR count). The van der Waals surface area contributed by atoms with E-state index >= 15 is 0 Å². The predicted molar refractivity (Wildman–Crippen MR) is 132 cm³/mol. The van der Waals surface area contributed by atoms with Crippen molar-refractivity contribution in [2.75, 3.05) is 26.3 Å². The summed E-state index contributed by atoms with van der Waals surface area (Å²) < 4.78 is 40.8. The van der Waals surface area contributed by atoms with Crippen molar-refractivity contribution in [3.05, 3.63) is 71.4 Å². The maximum atomic E-state index is 13.9. The number of hydrogen-bond donors (Lipinski definition) is 1. The molecular formula is C27H35F2N3O3. The van der Waals surface area contributed by atoms with Crippen molar-refractivity contribution in [2.45, 2.75) is 46.8 Å². The fourth-order valence-corrected chi connectivity index (χ4v) is 3.79. The van der Waals surface area contributed by atoms with Gasteiger partial charge in [0, 0.05) is 25.8 Å². The Kier molecular flexibility index (Phi) is 9.77. The summed E-state index contributed by atoms with van der Waals surface area (Å²) in [5.41, 5.74) is 2.16. The van der Waals surface area contributed by atoms with Crippen LogP contribution in [0.4, 0.5) is 8.78 Å². The van der Waals surface area contributed by atoms with Gasteiger partial charge in [-0.05, 0) is 62.2 Å². The maximum absolute atomic E-state index is 13.9. The molecule has 0 radical (unpaired) electrons. The van der Waals surface area contributed by atoms with Gasteiger partial charge >= 0.3 is 0 Å². The number of aryl methyl sites for hydroxylation is 1. The molecule has 0 aliphatic rings. The molecule has 3 aromatic rings. The number of halogens is 2. The summed E-state index contributed by atoms with van der Waals surface area (Å²) in [6, 6.07) is 11.8. The highest BCUT2D eigenvalue weighted by Crippen LogP contribution is 2.32. The quantitative estimate of drug-likeness (QED) is 0.345. The number of ether oxygens (including phenoxy) is 2. The molecule has 0 aliphatic carbocycles. The third kappa shape index (κ3) is 7.85. The van der Waals surface area contributed by atoms with Crippen LogP contribution in [0.3, 0.4) is 0 Å². The van der Waals surface area contributed by atoms with Crippen LogP contribution >= 0.6 is 0 Å². The fourth-order valence-electron chi connectivity index (χ4n) is 3.79. The van der Waals surface area contributed by atoms with Crippen LogP contribution in [-0.2, 0) is 11.3 Å². The van der Waals surface area contributed by atoms with E-state index in [9.17, 15) is 13.9 Å². The summed E-state index contributed by atoms with van der Waals surface area (Å²) in [4.78, 5) is 2.13. The highest BCUT2D eigenvalue weighted by Gasteiger charge is 2.22. The van der Waals surface area contributed by atoms with Crippen LogP contribution in [0.25, 0.3) is 5.69 Å². The van der Waals surface area contributed by atoms with Crippen molar-refractivity contribution in [3.63, 3.8) is 0 Å². The van der Waals surface area contributed by atoms with Gasteiger partial charge in [-0.15, -0.1) is 0 Å². The van der Waals surface area contributed by atoms with Gasteiger partial charge in [0.25, 0.3) is 0 Å². The van der Waals surface area contributed by atoms with Gasteiger partial charge in [-0.2, -0.15) is 5.10 Å². The lowest BCUT2D eigenvalue weighted by atomic mass is 10.2. The molecule has 0 saturated carbocycles. The lowest BCUT2D eigenvalue weighted by Gasteiger charge is -2.25. The average Bonchev–Trinajstić information content (AvgIpc) is 3.09. The largest absolute Gasteiger partial charge is 0.438 e.